The topological polar surface area (TPSA) is 136 Å². The second-order valence-corrected chi connectivity index (χ2v) is 10.7. The van der Waals surface area contributed by atoms with Crippen LogP contribution in [0.4, 0.5) is 19.0 Å². The zero-order valence-corrected chi connectivity index (χ0v) is 25.1. The van der Waals surface area contributed by atoms with E-state index in [0.717, 1.165) is 16.7 Å². The minimum atomic E-state index is -2.89. The van der Waals surface area contributed by atoms with Crippen LogP contribution in [0.5, 0.6) is 0 Å². The molecule has 2 heterocycles. The van der Waals surface area contributed by atoms with E-state index in [2.05, 4.69) is 25.8 Å². The molecule has 0 aliphatic heterocycles. The third kappa shape index (κ3) is 9.13. The molecule has 240 valence electrons. The number of pyridine rings is 1. The van der Waals surface area contributed by atoms with Crippen LogP contribution in [0.15, 0.2) is 95.6 Å². The number of anilines is 1. The highest BCUT2D eigenvalue weighted by Gasteiger charge is 2.27. The number of nitrogens with zero attached hydrogens (tertiary/aromatic N) is 3. The molecular weight excluding hydrogens is 609 g/mol. The fourth-order valence-electron chi connectivity index (χ4n) is 4.75. The van der Waals surface area contributed by atoms with Gasteiger partial charge in [0.15, 0.2) is 0 Å². The second kappa shape index (κ2) is 15.0. The Kier molecular flexibility index (Phi) is 10.4. The number of carbonyl (C=O) groups is 2. The first-order chi connectivity index (χ1) is 22.7. The molecule has 0 saturated carbocycles. The minimum Gasteiger partial charge on any atom is -0.419 e. The van der Waals surface area contributed by atoms with E-state index >= 15 is 0 Å². The molecule has 5 rings (SSSR count). The summed E-state index contributed by atoms with van der Waals surface area (Å²) in [5.41, 5.74) is 10.7. The lowest BCUT2D eigenvalue weighted by atomic mass is 9.93. The van der Waals surface area contributed by atoms with E-state index in [1.165, 1.54) is 18.2 Å². The van der Waals surface area contributed by atoms with Gasteiger partial charge in [-0.3, -0.25) is 9.59 Å². The summed E-state index contributed by atoms with van der Waals surface area (Å²) in [6, 6.07) is 22.3. The van der Waals surface area contributed by atoms with E-state index in [-0.39, 0.29) is 49.4 Å². The number of amides is 2. The van der Waals surface area contributed by atoms with Crippen molar-refractivity contribution in [2.45, 2.75) is 31.7 Å². The first-order valence-corrected chi connectivity index (χ1v) is 14.7. The molecule has 47 heavy (non-hydrogen) atoms. The van der Waals surface area contributed by atoms with Crippen molar-refractivity contribution in [2.24, 2.45) is 0 Å². The van der Waals surface area contributed by atoms with Crippen molar-refractivity contribution in [3.8, 4) is 33.7 Å². The monoisotopic (exact) mass is 640 g/mol. The maximum absolute atomic E-state index is 14.1. The normalized spacial score (nSPS) is 11.5. The summed E-state index contributed by atoms with van der Waals surface area (Å²) in [5.74, 6) is -2.86. The SMILES string of the molecule is Nc1ccc(/C=C/C(=O)NCc2nnc(-c3ccc(-c4ccc(CCC(F)(F)CCNC=O)cc4)cc3-c3ccc(F)cc3)o2)cn1. The first-order valence-electron chi connectivity index (χ1n) is 14.7. The van der Waals surface area contributed by atoms with Gasteiger partial charge in [-0.05, 0) is 82.3 Å². The van der Waals surface area contributed by atoms with Crippen LogP contribution in [0.1, 0.15) is 29.9 Å². The Morgan fingerprint density at radius 2 is 1.64 bits per heavy atom. The van der Waals surface area contributed by atoms with Crippen LogP contribution in [0, 0.1) is 5.82 Å². The number of aryl methyl sites for hydroxylation is 1. The highest BCUT2D eigenvalue weighted by Crippen LogP contribution is 2.36. The van der Waals surface area contributed by atoms with E-state index in [1.807, 2.05) is 30.3 Å². The number of hydrogen-bond donors (Lipinski definition) is 3. The Morgan fingerprint density at radius 1 is 0.894 bits per heavy atom. The molecule has 5 aromatic rings. The Bertz CT molecular complexity index is 1840. The number of carbonyl (C=O) groups excluding carboxylic acids is 2. The number of benzene rings is 3. The predicted octanol–water partition coefficient (Wildman–Crippen LogP) is 6.22. The van der Waals surface area contributed by atoms with Gasteiger partial charge in [0.05, 0.1) is 6.54 Å². The van der Waals surface area contributed by atoms with Crippen molar-refractivity contribution in [1.82, 2.24) is 25.8 Å². The number of rotatable bonds is 14. The molecule has 0 radical (unpaired) electrons. The van der Waals surface area contributed by atoms with E-state index in [9.17, 15) is 22.8 Å². The molecular formula is C35H31F3N6O3. The minimum absolute atomic E-state index is 0.00591. The number of aromatic nitrogens is 3. The van der Waals surface area contributed by atoms with Crippen LogP contribution >= 0.6 is 0 Å². The molecule has 4 N–H and O–H groups in total. The van der Waals surface area contributed by atoms with Crippen molar-refractivity contribution < 1.29 is 27.2 Å². The molecule has 2 aromatic heterocycles. The van der Waals surface area contributed by atoms with E-state index < -0.39 is 12.3 Å². The Labute approximate surface area is 268 Å². The maximum Gasteiger partial charge on any atom is 0.250 e. The Morgan fingerprint density at radius 3 is 2.36 bits per heavy atom. The zero-order valence-electron chi connectivity index (χ0n) is 25.1. The van der Waals surface area contributed by atoms with Gasteiger partial charge in [-0.25, -0.2) is 18.2 Å². The van der Waals surface area contributed by atoms with E-state index in [4.69, 9.17) is 10.2 Å². The molecule has 12 heteroatoms. The molecule has 9 nitrogen and oxygen atoms in total. The van der Waals surface area contributed by atoms with Crippen LogP contribution in [-0.4, -0.2) is 40.0 Å². The quantitative estimate of drug-likeness (QED) is 0.0745. The van der Waals surface area contributed by atoms with Gasteiger partial charge in [0.25, 0.3) is 0 Å². The average molecular weight is 641 g/mol. The van der Waals surface area contributed by atoms with Crippen molar-refractivity contribution >= 4 is 24.2 Å². The summed E-state index contributed by atoms with van der Waals surface area (Å²) in [6.45, 7) is -0.0842. The molecule has 0 bridgehead atoms. The fourth-order valence-corrected chi connectivity index (χ4v) is 4.75. The highest BCUT2D eigenvalue weighted by molar-refractivity contribution is 5.91. The smallest absolute Gasteiger partial charge is 0.250 e. The van der Waals surface area contributed by atoms with Gasteiger partial charge in [0, 0.05) is 37.2 Å². The molecule has 0 saturated heterocycles. The fraction of sp³-hybridized carbons (Fsp3) is 0.171. The van der Waals surface area contributed by atoms with Gasteiger partial charge in [-0.2, -0.15) is 0 Å². The van der Waals surface area contributed by atoms with Crippen LogP contribution in [0.3, 0.4) is 0 Å². The third-order valence-corrected chi connectivity index (χ3v) is 7.31. The van der Waals surface area contributed by atoms with Gasteiger partial charge in [0.2, 0.25) is 30.0 Å². The summed E-state index contributed by atoms with van der Waals surface area (Å²) >= 11 is 0. The zero-order chi connectivity index (χ0) is 33.2. The summed E-state index contributed by atoms with van der Waals surface area (Å²) in [4.78, 5) is 26.6. The van der Waals surface area contributed by atoms with Gasteiger partial charge in [-0.1, -0.05) is 42.5 Å². The summed E-state index contributed by atoms with van der Waals surface area (Å²) in [6.07, 6.45) is 4.35. The van der Waals surface area contributed by atoms with Crippen LogP contribution in [0.2, 0.25) is 0 Å². The van der Waals surface area contributed by atoms with Crippen LogP contribution in [-0.2, 0) is 22.6 Å². The van der Waals surface area contributed by atoms with Gasteiger partial charge < -0.3 is 20.8 Å². The second-order valence-electron chi connectivity index (χ2n) is 10.7. The van der Waals surface area contributed by atoms with Crippen molar-refractivity contribution in [2.75, 3.05) is 12.3 Å². The van der Waals surface area contributed by atoms with E-state index in [1.54, 1.807) is 48.7 Å². The molecule has 3 aromatic carbocycles. The van der Waals surface area contributed by atoms with Crippen LogP contribution in [0.25, 0.3) is 39.8 Å². The number of alkyl halides is 2. The number of hydrogen-bond acceptors (Lipinski definition) is 7. The van der Waals surface area contributed by atoms with Crippen molar-refractivity contribution in [1.29, 1.82) is 0 Å². The van der Waals surface area contributed by atoms with Gasteiger partial charge >= 0.3 is 0 Å². The van der Waals surface area contributed by atoms with Crippen LogP contribution < -0.4 is 16.4 Å². The average Bonchev–Trinajstić information content (AvgIpc) is 3.56. The van der Waals surface area contributed by atoms with Crippen molar-refractivity contribution in [3.63, 3.8) is 0 Å². The number of nitrogen functional groups attached to an aromatic ring is 1. The molecule has 2 amide bonds. The van der Waals surface area contributed by atoms with Gasteiger partial charge in [-0.15, -0.1) is 10.2 Å². The largest absolute Gasteiger partial charge is 0.419 e. The van der Waals surface area contributed by atoms with E-state index in [0.29, 0.717) is 34.5 Å². The van der Waals surface area contributed by atoms with Crippen molar-refractivity contribution in [3.05, 3.63) is 114 Å². The lowest BCUT2D eigenvalue weighted by molar-refractivity contribution is -0.116. The molecule has 0 fully saturated rings. The number of nitrogens with one attached hydrogen (secondary N) is 2. The summed E-state index contributed by atoms with van der Waals surface area (Å²) in [7, 11) is 0. The number of halogens is 3. The summed E-state index contributed by atoms with van der Waals surface area (Å²) in [5, 5.41) is 13.2. The predicted molar refractivity (Wildman–Crippen MR) is 172 cm³/mol. The lowest BCUT2D eigenvalue weighted by Crippen LogP contribution is -2.24. The number of nitrogens with two attached hydrogens (primary N) is 1. The molecule has 0 aliphatic carbocycles. The molecule has 0 aliphatic rings. The highest BCUT2D eigenvalue weighted by atomic mass is 19.3. The standard InChI is InChI=1S/C35H31F3N6O3/c36-28-10-7-26(8-11-28)30-19-27(25-5-1-23(2-6-25)15-16-35(37,38)17-18-40-22-45)9-12-29(30)34-44-43-33(47-34)21-42-32(46)14-4-24-3-13-31(39)41-20-24/h1-14,19-20,22H,15-18,21H2,(H2,39,41)(H,40,45)(H,42,46)/b14-4+. The maximum atomic E-state index is 14.1. The molecule has 0 unspecified atom stereocenters. The third-order valence-electron chi connectivity index (χ3n) is 7.31. The molecule has 0 atom stereocenters. The Balaban J connectivity index is 1.31. The lowest BCUT2D eigenvalue weighted by Gasteiger charge is -2.16. The first kappa shape index (κ1) is 32.6. The Hall–Kier alpha value is -5.78. The summed E-state index contributed by atoms with van der Waals surface area (Å²) < 4.78 is 48.0. The van der Waals surface area contributed by atoms with Gasteiger partial charge in [0.1, 0.15) is 11.6 Å². The molecule has 0 spiro atoms.